The highest BCUT2D eigenvalue weighted by Crippen LogP contribution is 2.35. The lowest BCUT2D eigenvalue weighted by molar-refractivity contribution is 0.0978. The van der Waals surface area contributed by atoms with Gasteiger partial charge in [-0.25, -0.2) is 13.1 Å². The van der Waals surface area contributed by atoms with Gasteiger partial charge in [0, 0.05) is 24.8 Å². The molecule has 0 amide bonds. The first-order valence-corrected chi connectivity index (χ1v) is 9.98. The first-order valence-electron chi connectivity index (χ1n) is 8.44. The van der Waals surface area contributed by atoms with E-state index in [0.29, 0.717) is 26.1 Å². The van der Waals surface area contributed by atoms with E-state index < -0.39 is 10.0 Å². The third kappa shape index (κ3) is 3.78. The lowest BCUT2D eigenvalue weighted by atomic mass is 9.75. The summed E-state index contributed by atoms with van der Waals surface area (Å²) in [5, 5.41) is 3.41. The zero-order valence-corrected chi connectivity index (χ0v) is 13.6. The van der Waals surface area contributed by atoms with Crippen molar-refractivity contribution in [1.82, 2.24) is 10.0 Å². The second-order valence-corrected chi connectivity index (χ2v) is 8.92. The Bertz CT molecular complexity index is 434. The maximum absolute atomic E-state index is 12.5. The average molecular weight is 316 g/mol. The van der Waals surface area contributed by atoms with Gasteiger partial charge in [0.2, 0.25) is 10.0 Å². The van der Waals surface area contributed by atoms with Crippen molar-refractivity contribution >= 4 is 10.0 Å². The quantitative estimate of drug-likeness (QED) is 0.829. The van der Waals surface area contributed by atoms with E-state index in [1.807, 2.05) is 0 Å². The minimum atomic E-state index is -3.20. The van der Waals surface area contributed by atoms with Crippen LogP contribution in [0.4, 0.5) is 0 Å². The van der Waals surface area contributed by atoms with Crippen LogP contribution in [0.25, 0.3) is 0 Å². The summed E-state index contributed by atoms with van der Waals surface area (Å²) in [7, 11) is -3.20. The van der Waals surface area contributed by atoms with Crippen molar-refractivity contribution in [3.05, 3.63) is 0 Å². The number of ether oxygens (including phenoxy) is 1. The molecule has 0 aromatic rings. The number of hydrogen-bond acceptors (Lipinski definition) is 4. The van der Waals surface area contributed by atoms with Gasteiger partial charge < -0.3 is 10.1 Å². The summed E-state index contributed by atoms with van der Waals surface area (Å²) in [6.07, 6.45) is 9.38. The molecule has 122 valence electrons. The van der Waals surface area contributed by atoms with Crippen molar-refractivity contribution < 1.29 is 13.2 Å². The minimum absolute atomic E-state index is 0.109. The van der Waals surface area contributed by atoms with Crippen LogP contribution in [0.1, 0.15) is 57.8 Å². The highest BCUT2D eigenvalue weighted by molar-refractivity contribution is 7.90. The smallest absolute Gasteiger partial charge is 0.214 e. The predicted octanol–water partition coefficient (Wildman–Crippen LogP) is 1.54. The van der Waals surface area contributed by atoms with E-state index in [-0.39, 0.29) is 16.8 Å². The number of rotatable bonds is 3. The van der Waals surface area contributed by atoms with Crippen LogP contribution in [-0.2, 0) is 14.8 Å². The first kappa shape index (κ1) is 15.7. The number of piperidine rings is 1. The molecule has 3 fully saturated rings. The number of nitrogens with one attached hydrogen (secondary N) is 2. The van der Waals surface area contributed by atoms with Gasteiger partial charge in [-0.2, -0.15) is 0 Å². The van der Waals surface area contributed by atoms with Gasteiger partial charge in [-0.05, 0) is 45.1 Å². The molecule has 0 aromatic carbocycles. The van der Waals surface area contributed by atoms with E-state index in [1.165, 1.54) is 32.1 Å². The Kier molecular flexibility index (Phi) is 4.88. The summed E-state index contributed by atoms with van der Waals surface area (Å²) in [6, 6.07) is 0.109. The van der Waals surface area contributed by atoms with Gasteiger partial charge in [-0.1, -0.05) is 19.3 Å². The molecule has 6 heteroatoms. The molecule has 1 saturated carbocycles. The van der Waals surface area contributed by atoms with Crippen LogP contribution in [0.5, 0.6) is 0 Å². The van der Waals surface area contributed by atoms with Crippen molar-refractivity contribution in [2.75, 3.05) is 19.8 Å². The summed E-state index contributed by atoms with van der Waals surface area (Å²) in [5.74, 6) is 0. The molecule has 2 N–H and O–H groups in total. The Morgan fingerprint density at radius 3 is 2.48 bits per heavy atom. The molecule has 1 unspecified atom stereocenters. The monoisotopic (exact) mass is 316 g/mol. The van der Waals surface area contributed by atoms with Crippen LogP contribution in [0, 0.1) is 0 Å². The van der Waals surface area contributed by atoms with Gasteiger partial charge in [0.15, 0.2) is 0 Å². The fraction of sp³-hybridized carbons (Fsp3) is 1.00. The fourth-order valence-electron chi connectivity index (χ4n) is 4.18. The first-order chi connectivity index (χ1) is 10.1. The van der Waals surface area contributed by atoms with Crippen LogP contribution in [0.2, 0.25) is 0 Å². The van der Waals surface area contributed by atoms with Crippen LogP contribution in [0.3, 0.4) is 0 Å². The topological polar surface area (TPSA) is 67.4 Å². The van der Waals surface area contributed by atoms with Crippen molar-refractivity contribution in [1.29, 1.82) is 0 Å². The minimum Gasteiger partial charge on any atom is -0.381 e. The van der Waals surface area contributed by atoms with E-state index in [9.17, 15) is 8.42 Å². The molecule has 21 heavy (non-hydrogen) atoms. The SMILES string of the molecule is O=S(=O)(NC1CCNC2(CCCCC2)C1)C1CCOCC1. The fourth-order valence-corrected chi connectivity index (χ4v) is 5.85. The molecule has 1 spiro atoms. The van der Waals surface area contributed by atoms with Crippen LogP contribution < -0.4 is 10.0 Å². The average Bonchev–Trinajstić information content (AvgIpc) is 2.48. The van der Waals surface area contributed by atoms with Crippen LogP contribution >= 0.6 is 0 Å². The molecule has 0 bridgehead atoms. The van der Waals surface area contributed by atoms with E-state index in [1.54, 1.807) is 0 Å². The molecule has 0 radical (unpaired) electrons. The maximum Gasteiger partial charge on any atom is 0.214 e. The molecule has 2 aliphatic heterocycles. The molecular formula is C15H28N2O3S. The van der Waals surface area contributed by atoms with Gasteiger partial charge in [-0.3, -0.25) is 0 Å². The normalized spacial score (nSPS) is 31.3. The van der Waals surface area contributed by atoms with Crippen LogP contribution in [-0.4, -0.2) is 45.0 Å². The summed E-state index contributed by atoms with van der Waals surface area (Å²) in [6.45, 7) is 2.07. The molecule has 3 rings (SSSR count). The predicted molar refractivity (Wildman–Crippen MR) is 82.7 cm³/mol. The maximum atomic E-state index is 12.5. The van der Waals surface area contributed by atoms with E-state index in [0.717, 1.165) is 19.4 Å². The largest absolute Gasteiger partial charge is 0.381 e. The van der Waals surface area contributed by atoms with Crippen molar-refractivity contribution in [2.45, 2.75) is 74.6 Å². The lowest BCUT2D eigenvalue weighted by Crippen LogP contribution is -2.57. The second kappa shape index (κ2) is 6.52. The van der Waals surface area contributed by atoms with Gasteiger partial charge in [0.05, 0.1) is 5.25 Å². The van der Waals surface area contributed by atoms with Gasteiger partial charge in [-0.15, -0.1) is 0 Å². The molecule has 3 aliphatic rings. The lowest BCUT2D eigenvalue weighted by Gasteiger charge is -2.45. The zero-order valence-electron chi connectivity index (χ0n) is 12.8. The second-order valence-electron chi connectivity index (χ2n) is 6.93. The summed E-state index contributed by atoms with van der Waals surface area (Å²) < 4.78 is 33.4. The third-order valence-electron chi connectivity index (χ3n) is 5.38. The van der Waals surface area contributed by atoms with Crippen molar-refractivity contribution in [3.63, 3.8) is 0 Å². The van der Waals surface area contributed by atoms with Crippen LogP contribution in [0.15, 0.2) is 0 Å². The Balaban J connectivity index is 1.61. The van der Waals surface area contributed by atoms with Crippen molar-refractivity contribution in [2.24, 2.45) is 0 Å². The molecule has 2 heterocycles. The number of sulfonamides is 1. The zero-order chi connectivity index (χ0) is 14.8. The Hall–Kier alpha value is -0.170. The molecule has 2 saturated heterocycles. The number of hydrogen-bond donors (Lipinski definition) is 2. The van der Waals surface area contributed by atoms with E-state index in [2.05, 4.69) is 10.0 Å². The Morgan fingerprint density at radius 2 is 1.76 bits per heavy atom. The standard InChI is InChI=1S/C15H28N2O3S/c18-21(19,14-5-10-20-11-6-14)17-13-4-9-16-15(12-13)7-2-1-3-8-15/h13-14,16-17H,1-12H2. The van der Waals surface area contributed by atoms with Crippen molar-refractivity contribution in [3.8, 4) is 0 Å². The van der Waals surface area contributed by atoms with E-state index in [4.69, 9.17) is 4.74 Å². The highest BCUT2D eigenvalue weighted by atomic mass is 32.2. The summed E-state index contributed by atoms with van der Waals surface area (Å²) >= 11 is 0. The summed E-state index contributed by atoms with van der Waals surface area (Å²) in [4.78, 5) is 0. The molecule has 1 aliphatic carbocycles. The molecule has 0 aromatic heterocycles. The molecular weight excluding hydrogens is 288 g/mol. The van der Waals surface area contributed by atoms with Gasteiger partial charge in [0.25, 0.3) is 0 Å². The Morgan fingerprint density at radius 1 is 1.05 bits per heavy atom. The molecule has 5 nitrogen and oxygen atoms in total. The Labute approximate surface area is 128 Å². The van der Waals surface area contributed by atoms with E-state index >= 15 is 0 Å². The van der Waals surface area contributed by atoms with Gasteiger partial charge in [0.1, 0.15) is 0 Å². The molecule has 1 atom stereocenters. The summed E-state index contributed by atoms with van der Waals surface area (Å²) in [5.41, 5.74) is 0.194. The third-order valence-corrected chi connectivity index (χ3v) is 7.39. The van der Waals surface area contributed by atoms with Gasteiger partial charge >= 0.3 is 0 Å². The highest BCUT2D eigenvalue weighted by Gasteiger charge is 2.39.